The van der Waals surface area contributed by atoms with Crippen LogP contribution in [-0.2, 0) is 9.61 Å². The number of morpholine rings is 1. The molecule has 1 spiro atoms. The smallest absolute Gasteiger partial charge is 0.342 e. The first-order valence-electron chi connectivity index (χ1n) is 10.9. The zero-order valence-electron chi connectivity index (χ0n) is 17.9. The van der Waals surface area contributed by atoms with Gasteiger partial charge in [0.25, 0.3) is 0 Å². The summed E-state index contributed by atoms with van der Waals surface area (Å²) in [6.45, 7) is 2.41. The first kappa shape index (κ1) is 22.1. The molecule has 1 saturated heterocycles. The molecule has 174 valence electrons. The van der Waals surface area contributed by atoms with Gasteiger partial charge in [0.2, 0.25) is 0 Å². The highest BCUT2D eigenvalue weighted by molar-refractivity contribution is 8.15. The molecule has 3 aliphatic rings. The number of carbonyl (C=O) groups excluding carboxylic acids is 1. The quantitative estimate of drug-likeness (QED) is 0.738. The fourth-order valence-electron chi connectivity index (χ4n) is 4.54. The van der Waals surface area contributed by atoms with Gasteiger partial charge in [-0.2, -0.15) is 10.1 Å². The highest BCUT2D eigenvalue weighted by Crippen LogP contribution is 2.57. The number of hydrazone groups is 1. The highest BCUT2D eigenvalue weighted by Gasteiger charge is 2.57. The van der Waals surface area contributed by atoms with Gasteiger partial charge in [0.1, 0.15) is 22.4 Å². The number of benzene rings is 2. The summed E-state index contributed by atoms with van der Waals surface area (Å²) in [5.41, 5.74) is 6.72. The minimum atomic E-state index is -1.00. The van der Waals surface area contributed by atoms with E-state index >= 15 is 0 Å². The van der Waals surface area contributed by atoms with Crippen LogP contribution >= 0.6 is 11.8 Å². The van der Waals surface area contributed by atoms with E-state index in [4.69, 9.17) is 15.2 Å². The number of ether oxygens (including phenoxy) is 2. The zero-order valence-corrected chi connectivity index (χ0v) is 18.7. The summed E-state index contributed by atoms with van der Waals surface area (Å²) < 4.78 is 40.2. The molecule has 5 rings (SSSR count). The Morgan fingerprint density at radius 3 is 2.79 bits per heavy atom. The van der Waals surface area contributed by atoms with Gasteiger partial charge in [-0.25, -0.2) is 13.6 Å². The second-order valence-corrected chi connectivity index (χ2v) is 9.32. The van der Waals surface area contributed by atoms with Crippen LogP contribution in [0.4, 0.5) is 13.6 Å². The first-order valence-corrected chi connectivity index (χ1v) is 11.7. The van der Waals surface area contributed by atoms with E-state index in [-0.39, 0.29) is 22.6 Å². The summed E-state index contributed by atoms with van der Waals surface area (Å²) in [5.74, 6) is -0.763. The van der Waals surface area contributed by atoms with Crippen LogP contribution in [0.1, 0.15) is 17.5 Å². The van der Waals surface area contributed by atoms with Gasteiger partial charge in [0.05, 0.1) is 19.8 Å². The molecule has 2 N–H and O–H groups in total. The number of nitrogens with zero attached hydrogens (tertiary/aromatic N) is 3. The molecule has 3 aliphatic heterocycles. The maximum Gasteiger partial charge on any atom is 0.342 e. The lowest BCUT2D eigenvalue weighted by Crippen LogP contribution is -2.56. The average molecular weight is 475 g/mol. The van der Waals surface area contributed by atoms with E-state index in [1.165, 1.54) is 16.8 Å². The molecule has 0 aromatic heterocycles. The van der Waals surface area contributed by atoms with Gasteiger partial charge in [-0.1, -0.05) is 30.0 Å². The topological polar surface area (TPSA) is 80.4 Å². The molecule has 2 aromatic carbocycles. The average Bonchev–Trinajstić information content (AvgIpc) is 3.23. The van der Waals surface area contributed by atoms with Crippen LogP contribution in [0.15, 0.2) is 47.6 Å². The van der Waals surface area contributed by atoms with Crippen LogP contribution in [0.2, 0.25) is 0 Å². The third kappa shape index (κ3) is 3.75. The van der Waals surface area contributed by atoms with Crippen LogP contribution in [-0.4, -0.2) is 60.4 Å². The van der Waals surface area contributed by atoms with Crippen LogP contribution in [0, 0.1) is 17.6 Å². The lowest BCUT2D eigenvalue weighted by atomic mass is 9.87. The molecule has 0 unspecified atom stereocenters. The van der Waals surface area contributed by atoms with Gasteiger partial charge >= 0.3 is 6.03 Å². The summed E-state index contributed by atoms with van der Waals surface area (Å²) in [6, 6.07) is 10.4. The van der Waals surface area contributed by atoms with Gasteiger partial charge in [-0.15, -0.1) is 0 Å². The Morgan fingerprint density at radius 2 is 2.00 bits per heavy atom. The third-order valence-corrected chi connectivity index (χ3v) is 7.69. The number of thioether (sulfide) groups is 1. The maximum absolute atomic E-state index is 14.8. The monoisotopic (exact) mass is 474 g/mol. The molecule has 0 aliphatic carbocycles. The number of fused-ring (bicyclic) bond motifs is 2. The van der Waals surface area contributed by atoms with Crippen molar-refractivity contribution in [2.24, 2.45) is 16.8 Å². The molecule has 2 atom stereocenters. The molecular weight excluding hydrogens is 450 g/mol. The van der Waals surface area contributed by atoms with Gasteiger partial charge in [-0.3, -0.25) is 0 Å². The van der Waals surface area contributed by atoms with Crippen LogP contribution in [0.3, 0.4) is 0 Å². The number of para-hydroxylation sites is 1. The summed E-state index contributed by atoms with van der Waals surface area (Å²) >= 11 is 1.26. The van der Waals surface area contributed by atoms with E-state index in [1.54, 1.807) is 4.90 Å². The Labute approximate surface area is 194 Å². The standard InChI is InChI=1S/C23H24F2N4O3S/c24-16-5-6-19(25)17(13-16)21-27-29(22(30)28-9-11-31-12-10-28)23(33-21)15(7-8-26)14-32-20-4-2-1-3-18(20)23/h1-6,13,15H,7-12,14,26H2/t15-,23+/m0/s1. The first-order chi connectivity index (χ1) is 16.0. The Kier molecular flexibility index (Phi) is 5.98. The predicted molar refractivity (Wildman–Crippen MR) is 121 cm³/mol. The van der Waals surface area contributed by atoms with Crippen molar-refractivity contribution in [2.75, 3.05) is 39.5 Å². The SMILES string of the molecule is NCC[C@H]1COc2ccccc2[C@]12SC(c1cc(F)ccc1F)=NN2C(=O)N1CCOCC1. The Morgan fingerprint density at radius 1 is 1.21 bits per heavy atom. The molecular formula is C23H24F2N4O3S. The Bertz CT molecular complexity index is 1100. The van der Waals surface area contributed by atoms with Crippen molar-refractivity contribution in [3.63, 3.8) is 0 Å². The van der Waals surface area contributed by atoms with Gasteiger partial charge in [0.15, 0.2) is 4.87 Å². The van der Waals surface area contributed by atoms with Gasteiger partial charge in [0, 0.05) is 30.1 Å². The highest BCUT2D eigenvalue weighted by atomic mass is 32.2. The maximum atomic E-state index is 14.8. The Hall–Kier alpha value is -2.69. The summed E-state index contributed by atoms with van der Waals surface area (Å²) in [7, 11) is 0. The number of amides is 2. The second-order valence-electron chi connectivity index (χ2n) is 8.10. The fourth-order valence-corrected chi connectivity index (χ4v) is 6.06. The molecule has 2 aromatic rings. The van der Waals surface area contributed by atoms with Crippen molar-refractivity contribution in [1.29, 1.82) is 0 Å². The summed E-state index contributed by atoms with van der Waals surface area (Å²) in [6.07, 6.45) is 0.558. The number of hydrogen-bond donors (Lipinski definition) is 1. The molecule has 0 bridgehead atoms. The van der Waals surface area contributed by atoms with E-state index in [0.717, 1.165) is 23.8 Å². The van der Waals surface area contributed by atoms with E-state index in [2.05, 4.69) is 5.10 Å². The summed E-state index contributed by atoms with van der Waals surface area (Å²) in [4.78, 5) is 14.5. The molecule has 0 saturated carbocycles. The lowest BCUT2D eigenvalue weighted by molar-refractivity contribution is 0.0231. The summed E-state index contributed by atoms with van der Waals surface area (Å²) in [5, 5.41) is 6.30. The van der Waals surface area contributed by atoms with Crippen molar-refractivity contribution in [2.45, 2.75) is 11.3 Å². The molecule has 1 fully saturated rings. The van der Waals surface area contributed by atoms with Crippen molar-refractivity contribution in [3.8, 4) is 5.75 Å². The lowest BCUT2D eigenvalue weighted by Gasteiger charge is -2.46. The van der Waals surface area contributed by atoms with Crippen LogP contribution in [0.5, 0.6) is 5.75 Å². The number of nitrogens with two attached hydrogens (primary N) is 1. The predicted octanol–water partition coefficient (Wildman–Crippen LogP) is 3.34. The van der Waals surface area contributed by atoms with E-state index in [9.17, 15) is 13.6 Å². The molecule has 10 heteroatoms. The fraction of sp³-hybridized carbons (Fsp3) is 0.391. The van der Waals surface area contributed by atoms with Crippen molar-refractivity contribution in [1.82, 2.24) is 9.91 Å². The molecule has 2 amide bonds. The van der Waals surface area contributed by atoms with Gasteiger partial charge in [-0.05, 0) is 37.2 Å². The molecule has 0 radical (unpaired) electrons. The number of rotatable bonds is 3. The zero-order chi connectivity index (χ0) is 23.0. The number of urea groups is 1. The van der Waals surface area contributed by atoms with E-state index < -0.39 is 16.5 Å². The van der Waals surface area contributed by atoms with Crippen molar-refractivity contribution < 1.29 is 23.0 Å². The Balaban J connectivity index is 1.67. The van der Waals surface area contributed by atoms with Crippen molar-refractivity contribution >= 4 is 22.8 Å². The minimum Gasteiger partial charge on any atom is -0.493 e. The van der Waals surface area contributed by atoms with Crippen LogP contribution in [0.25, 0.3) is 0 Å². The van der Waals surface area contributed by atoms with E-state index in [1.807, 2.05) is 24.3 Å². The van der Waals surface area contributed by atoms with Crippen molar-refractivity contribution in [3.05, 3.63) is 65.2 Å². The number of carbonyl (C=O) groups is 1. The normalized spacial score (nSPS) is 24.5. The number of hydrogen-bond acceptors (Lipinski definition) is 6. The van der Waals surface area contributed by atoms with E-state index in [0.29, 0.717) is 51.6 Å². The minimum absolute atomic E-state index is 0.0205. The second kappa shape index (κ2) is 8.92. The molecule has 33 heavy (non-hydrogen) atoms. The third-order valence-electron chi connectivity index (χ3n) is 6.16. The number of halogens is 2. The van der Waals surface area contributed by atoms with Crippen LogP contribution < -0.4 is 10.5 Å². The molecule has 3 heterocycles. The largest absolute Gasteiger partial charge is 0.493 e. The molecule has 7 nitrogen and oxygen atoms in total. The van der Waals surface area contributed by atoms with Gasteiger partial charge < -0.3 is 20.1 Å².